The van der Waals surface area contributed by atoms with Gasteiger partial charge >= 0.3 is 5.97 Å². The summed E-state index contributed by atoms with van der Waals surface area (Å²) >= 11 is 0. The number of hydrogen-bond donors (Lipinski definition) is 0. The van der Waals surface area contributed by atoms with Gasteiger partial charge in [0.1, 0.15) is 0 Å². The molecule has 0 N–H and O–H groups in total. The van der Waals surface area contributed by atoms with Gasteiger partial charge in [-0.25, -0.2) is 0 Å². The van der Waals surface area contributed by atoms with Crippen LogP contribution in [0.15, 0.2) is 48.5 Å². The van der Waals surface area contributed by atoms with Gasteiger partial charge in [-0.3, -0.25) is 4.79 Å². The number of carbonyl (C=O) groups is 1. The second-order valence-electron chi connectivity index (χ2n) is 4.89. The zero-order chi connectivity index (χ0) is 15.1. The number of rotatable bonds is 3. The van der Waals surface area contributed by atoms with E-state index in [1.165, 1.54) is 12.7 Å². The molecule has 2 nitrogen and oxygen atoms in total. The minimum atomic E-state index is -0.182. The molecule has 0 unspecified atom stereocenters. The SMILES string of the molecule is COC(=O)CCc1ccc(C#Cc2cccc(C)c2)cc1. The number of carbonyl (C=O) groups excluding carboxylic acids is 1. The van der Waals surface area contributed by atoms with Crippen molar-refractivity contribution in [2.24, 2.45) is 0 Å². The van der Waals surface area contributed by atoms with Gasteiger partial charge in [0.2, 0.25) is 0 Å². The maximum Gasteiger partial charge on any atom is 0.305 e. The van der Waals surface area contributed by atoms with Crippen LogP contribution >= 0.6 is 0 Å². The van der Waals surface area contributed by atoms with E-state index in [2.05, 4.69) is 35.6 Å². The van der Waals surface area contributed by atoms with Crippen molar-refractivity contribution in [2.75, 3.05) is 7.11 Å². The molecule has 2 heteroatoms. The van der Waals surface area contributed by atoms with Gasteiger partial charge in [-0.15, -0.1) is 0 Å². The number of ether oxygens (including phenoxy) is 1. The Morgan fingerprint density at radius 2 is 1.76 bits per heavy atom. The molecule has 106 valence electrons. The molecule has 0 aliphatic carbocycles. The number of esters is 1. The number of benzene rings is 2. The molecule has 0 fully saturated rings. The monoisotopic (exact) mass is 278 g/mol. The van der Waals surface area contributed by atoms with Gasteiger partial charge in [0.15, 0.2) is 0 Å². The molecule has 2 aromatic carbocycles. The van der Waals surface area contributed by atoms with E-state index in [-0.39, 0.29) is 5.97 Å². The Hall–Kier alpha value is -2.53. The smallest absolute Gasteiger partial charge is 0.305 e. The molecule has 0 saturated heterocycles. The summed E-state index contributed by atoms with van der Waals surface area (Å²) in [6.07, 6.45) is 1.10. The van der Waals surface area contributed by atoms with E-state index in [0.717, 1.165) is 16.7 Å². The molecule has 2 aromatic rings. The van der Waals surface area contributed by atoms with E-state index >= 15 is 0 Å². The van der Waals surface area contributed by atoms with Crippen LogP contribution in [0.1, 0.15) is 28.7 Å². The summed E-state index contributed by atoms with van der Waals surface area (Å²) in [5.74, 6) is 6.12. The molecular weight excluding hydrogens is 260 g/mol. The van der Waals surface area contributed by atoms with Gasteiger partial charge in [-0.05, 0) is 48.7 Å². The molecule has 0 radical (unpaired) electrons. The Balaban J connectivity index is 2.01. The second kappa shape index (κ2) is 7.31. The van der Waals surface area contributed by atoms with Crippen LogP contribution in [-0.2, 0) is 16.0 Å². The molecular formula is C19H18O2. The first kappa shape index (κ1) is 14.9. The Morgan fingerprint density at radius 1 is 1.05 bits per heavy atom. The number of aryl methyl sites for hydroxylation is 2. The summed E-state index contributed by atoms with van der Waals surface area (Å²) in [6, 6.07) is 16.1. The quantitative estimate of drug-likeness (QED) is 0.634. The molecule has 0 atom stereocenters. The van der Waals surface area contributed by atoms with E-state index in [0.29, 0.717) is 12.8 Å². The Bertz CT molecular complexity index is 673. The zero-order valence-corrected chi connectivity index (χ0v) is 12.3. The lowest BCUT2D eigenvalue weighted by Crippen LogP contribution is -2.01. The third-order valence-electron chi connectivity index (χ3n) is 3.17. The van der Waals surface area contributed by atoms with Crippen LogP contribution in [0.3, 0.4) is 0 Å². The predicted octanol–water partition coefficient (Wildman–Crippen LogP) is 3.50. The van der Waals surface area contributed by atoms with E-state index < -0.39 is 0 Å². The van der Waals surface area contributed by atoms with E-state index in [4.69, 9.17) is 0 Å². The molecule has 21 heavy (non-hydrogen) atoms. The van der Waals surface area contributed by atoms with Crippen LogP contribution in [-0.4, -0.2) is 13.1 Å². The summed E-state index contributed by atoms with van der Waals surface area (Å²) in [6.45, 7) is 2.06. The minimum absolute atomic E-state index is 0.182. The van der Waals surface area contributed by atoms with Crippen molar-refractivity contribution >= 4 is 5.97 Å². The van der Waals surface area contributed by atoms with Crippen molar-refractivity contribution in [1.29, 1.82) is 0 Å². The van der Waals surface area contributed by atoms with E-state index in [9.17, 15) is 4.79 Å². The molecule has 0 saturated carbocycles. The highest BCUT2D eigenvalue weighted by molar-refractivity contribution is 5.69. The van der Waals surface area contributed by atoms with Crippen molar-refractivity contribution < 1.29 is 9.53 Å². The normalized spacial score (nSPS) is 9.62. The highest BCUT2D eigenvalue weighted by atomic mass is 16.5. The van der Waals surface area contributed by atoms with E-state index in [1.54, 1.807) is 0 Å². The summed E-state index contributed by atoms with van der Waals surface area (Å²) < 4.78 is 4.63. The molecule has 0 aliphatic heterocycles. The highest BCUT2D eigenvalue weighted by Crippen LogP contribution is 2.07. The van der Waals surface area contributed by atoms with Gasteiger partial charge in [0.05, 0.1) is 7.11 Å². The first-order chi connectivity index (χ1) is 10.2. The van der Waals surface area contributed by atoms with Crippen molar-refractivity contribution in [3.63, 3.8) is 0 Å². The third kappa shape index (κ3) is 4.81. The largest absolute Gasteiger partial charge is 0.469 e. The first-order valence-electron chi connectivity index (χ1n) is 6.92. The van der Waals surface area contributed by atoms with E-state index in [1.807, 2.05) is 36.4 Å². The Kier molecular flexibility index (Phi) is 5.17. The minimum Gasteiger partial charge on any atom is -0.469 e. The van der Waals surface area contributed by atoms with Gasteiger partial charge in [-0.1, -0.05) is 36.1 Å². The zero-order valence-electron chi connectivity index (χ0n) is 12.3. The van der Waals surface area contributed by atoms with Crippen molar-refractivity contribution in [3.8, 4) is 11.8 Å². The molecule has 0 spiro atoms. The van der Waals surface area contributed by atoms with Crippen LogP contribution in [0.25, 0.3) is 0 Å². The molecule has 0 amide bonds. The topological polar surface area (TPSA) is 26.3 Å². The van der Waals surface area contributed by atoms with Crippen LogP contribution in [0.5, 0.6) is 0 Å². The standard InChI is InChI=1S/C19H18O2/c1-15-4-3-5-18(14-15)11-10-16-6-8-17(9-7-16)12-13-19(20)21-2/h3-9,14H,12-13H2,1-2H3. The fraction of sp³-hybridized carbons (Fsp3) is 0.211. The maximum absolute atomic E-state index is 11.1. The van der Waals surface area contributed by atoms with Crippen LogP contribution in [0.4, 0.5) is 0 Å². The summed E-state index contributed by atoms with van der Waals surface area (Å²) in [7, 11) is 1.41. The van der Waals surface area contributed by atoms with Gasteiger partial charge in [-0.2, -0.15) is 0 Å². The average Bonchev–Trinajstić information content (AvgIpc) is 2.51. The Labute approximate surface area is 125 Å². The Morgan fingerprint density at radius 3 is 2.43 bits per heavy atom. The number of methoxy groups -OCH3 is 1. The van der Waals surface area contributed by atoms with Crippen molar-refractivity contribution in [1.82, 2.24) is 0 Å². The average molecular weight is 278 g/mol. The fourth-order valence-electron chi connectivity index (χ4n) is 1.97. The number of hydrogen-bond acceptors (Lipinski definition) is 2. The lowest BCUT2D eigenvalue weighted by atomic mass is 10.1. The summed E-state index contributed by atoms with van der Waals surface area (Å²) in [4.78, 5) is 11.1. The predicted molar refractivity (Wildman–Crippen MR) is 83.9 cm³/mol. The molecule has 2 rings (SSSR count). The molecule has 0 heterocycles. The molecule has 0 aliphatic rings. The lowest BCUT2D eigenvalue weighted by molar-refractivity contribution is -0.140. The third-order valence-corrected chi connectivity index (χ3v) is 3.17. The van der Waals surface area contributed by atoms with Crippen LogP contribution < -0.4 is 0 Å². The fourth-order valence-corrected chi connectivity index (χ4v) is 1.97. The van der Waals surface area contributed by atoms with Crippen molar-refractivity contribution in [2.45, 2.75) is 19.8 Å². The molecule has 0 aromatic heterocycles. The van der Waals surface area contributed by atoms with Crippen molar-refractivity contribution in [3.05, 3.63) is 70.8 Å². The first-order valence-corrected chi connectivity index (χ1v) is 6.92. The highest BCUT2D eigenvalue weighted by Gasteiger charge is 2.00. The second-order valence-corrected chi connectivity index (χ2v) is 4.89. The lowest BCUT2D eigenvalue weighted by Gasteiger charge is -2.00. The van der Waals surface area contributed by atoms with Gasteiger partial charge < -0.3 is 4.74 Å². The summed E-state index contributed by atoms with van der Waals surface area (Å²) in [5.41, 5.74) is 4.31. The van der Waals surface area contributed by atoms with Gasteiger partial charge in [0, 0.05) is 17.5 Å². The maximum atomic E-state index is 11.1. The van der Waals surface area contributed by atoms with Crippen LogP contribution in [0, 0.1) is 18.8 Å². The summed E-state index contributed by atoms with van der Waals surface area (Å²) in [5, 5.41) is 0. The molecule has 0 bridgehead atoms. The van der Waals surface area contributed by atoms with Gasteiger partial charge in [0.25, 0.3) is 0 Å². The van der Waals surface area contributed by atoms with Crippen LogP contribution in [0.2, 0.25) is 0 Å².